The molecule has 1 aromatic carbocycles. The number of anilines is 1. The maximum Gasteiger partial charge on any atom is 0.230 e. The third kappa shape index (κ3) is 2.16. The fraction of sp³-hybridized carbons (Fsp3) is 0.308. The molecule has 0 atom stereocenters. The minimum atomic E-state index is 0.272. The van der Waals surface area contributed by atoms with Gasteiger partial charge in [-0.2, -0.15) is 0 Å². The number of halogens is 1. The summed E-state index contributed by atoms with van der Waals surface area (Å²) in [5.74, 6) is 1.59. The van der Waals surface area contributed by atoms with Crippen LogP contribution in [0.1, 0.15) is 12.8 Å². The first-order valence-corrected chi connectivity index (χ1v) is 6.25. The Hall–Kier alpha value is -1.68. The Bertz CT molecular complexity index is 564. The molecule has 4 nitrogen and oxygen atoms in total. The first kappa shape index (κ1) is 11.4. The monoisotopic (exact) mass is 264 g/mol. The second kappa shape index (κ2) is 4.53. The first-order valence-electron chi connectivity index (χ1n) is 5.87. The van der Waals surface area contributed by atoms with Gasteiger partial charge in [-0.15, -0.1) is 0 Å². The van der Waals surface area contributed by atoms with Gasteiger partial charge in [0.25, 0.3) is 0 Å². The summed E-state index contributed by atoms with van der Waals surface area (Å²) < 4.78 is 10.7. The highest BCUT2D eigenvalue weighted by molar-refractivity contribution is 6.32. The van der Waals surface area contributed by atoms with Crippen molar-refractivity contribution in [1.82, 2.24) is 5.16 Å². The van der Waals surface area contributed by atoms with E-state index in [9.17, 15) is 0 Å². The molecule has 2 aromatic rings. The van der Waals surface area contributed by atoms with Gasteiger partial charge in [0, 0.05) is 5.56 Å². The molecule has 0 amide bonds. The number of ether oxygens (including phenoxy) is 1. The largest absolute Gasteiger partial charge is 0.491 e. The Labute approximate surface area is 110 Å². The van der Waals surface area contributed by atoms with E-state index < -0.39 is 0 Å². The number of rotatable bonds is 4. The van der Waals surface area contributed by atoms with Crippen LogP contribution in [0, 0.1) is 5.92 Å². The molecule has 0 aliphatic heterocycles. The molecule has 3 rings (SSSR count). The molecule has 0 radical (unpaired) electrons. The minimum absolute atomic E-state index is 0.272. The third-order valence-corrected chi connectivity index (χ3v) is 3.31. The molecule has 2 N–H and O–H groups in total. The van der Waals surface area contributed by atoms with Gasteiger partial charge < -0.3 is 15.0 Å². The molecular formula is C13H13ClN2O2. The first-order chi connectivity index (χ1) is 8.75. The summed E-state index contributed by atoms with van der Waals surface area (Å²) in [6.45, 7) is 0.696. The summed E-state index contributed by atoms with van der Waals surface area (Å²) >= 11 is 6.19. The van der Waals surface area contributed by atoms with Gasteiger partial charge in [-0.3, -0.25) is 0 Å². The highest BCUT2D eigenvalue weighted by atomic mass is 35.5. The van der Waals surface area contributed by atoms with E-state index in [1.165, 1.54) is 12.8 Å². The topological polar surface area (TPSA) is 61.3 Å². The van der Waals surface area contributed by atoms with E-state index in [1.54, 1.807) is 12.3 Å². The van der Waals surface area contributed by atoms with Gasteiger partial charge in [0.2, 0.25) is 5.88 Å². The summed E-state index contributed by atoms with van der Waals surface area (Å²) in [4.78, 5) is 0. The maximum absolute atomic E-state index is 6.19. The summed E-state index contributed by atoms with van der Waals surface area (Å²) in [5, 5.41) is 4.26. The number of hydrogen-bond acceptors (Lipinski definition) is 4. The van der Waals surface area contributed by atoms with Crippen molar-refractivity contribution in [2.24, 2.45) is 5.92 Å². The van der Waals surface area contributed by atoms with Crippen molar-refractivity contribution in [3.8, 4) is 16.9 Å². The third-order valence-electron chi connectivity index (χ3n) is 3.02. The molecule has 1 fully saturated rings. The van der Waals surface area contributed by atoms with Crippen molar-refractivity contribution in [2.75, 3.05) is 12.3 Å². The van der Waals surface area contributed by atoms with Gasteiger partial charge >= 0.3 is 0 Å². The van der Waals surface area contributed by atoms with E-state index in [0.29, 0.717) is 28.9 Å². The lowest BCUT2D eigenvalue weighted by atomic mass is 10.1. The number of nitrogen functional groups attached to an aromatic ring is 1. The fourth-order valence-corrected chi connectivity index (χ4v) is 2.03. The van der Waals surface area contributed by atoms with E-state index in [1.807, 2.05) is 12.1 Å². The summed E-state index contributed by atoms with van der Waals surface area (Å²) in [7, 11) is 0. The van der Waals surface area contributed by atoms with Gasteiger partial charge in [0.1, 0.15) is 5.75 Å². The zero-order valence-corrected chi connectivity index (χ0v) is 10.5. The summed E-state index contributed by atoms with van der Waals surface area (Å²) in [6.07, 6.45) is 4.04. The van der Waals surface area contributed by atoms with E-state index in [2.05, 4.69) is 5.16 Å². The van der Waals surface area contributed by atoms with E-state index >= 15 is 0 Å². The van der Waals surface area contributed by atoms with Crippen LogP contribution in [0.15, 0.2) is 28.9 Å². The molecule has 1 aliphatic rings. The smallest absolute Gasteiger partial charge is 0.230 e. The Morgan fingerprint density at radius 1 is 1.39 bits per heavy atom. The summed E-state index contributed by atoms with van der Waals surface area (Å²) in [6, 6.07) is 5.56. The Morgan fingerprint density at radius 2 is 2.22 bits per heavy atom. The maximum atomic E-state index is 6.19. The molecule has 0 saturated heterocycles. The number of hydrogen-bond donors (Lipinski definition) is 1. The molecule has 1 aliphatic carbocycles. The molecule has 94 valence electrons. The molecule has 18 heavy (non-hydrogen) atoms. The van der Waals surface area contributed by atoms with Crippen molar-refractivity contribution in [2.45, 2.75) is 12.8 Å². The van der Waals surface area contributed by atoms with Crippen LogP contribution in [0.25, 0.3) is 11.1 Å². The fourth-order valence-electron chi connectivity index (χ4n) is 1.80. The predicted octanol–water partition coefficient (Wildman–Crippen LogP) is 3.37. The molecular weight excluding hydrogens is 252 g/mol. The molecule has 5 heteroatoms. The Kier molecular flexibility index (Phi) is 2.88. The lowest BCUT2D eigenvalue weighted by Crippen LogP contribution is -2.01. The van der Waals surface area contributed by atoms with Crippen molar-refractivity contribution in [3.05, 3.63) is 29.4 Å². The number of para-hydroxylation sites is 1. The average Bonchev–Trinajstić information content (AvgIpc) is 3.09. The van der Waals surface area contributed by atoms with Gasteiger partial charge in [0.05, 0.1) is 23.4 Å². The second-order valence-electron chi connectivity index (χ2n) is 4.47. The molecule has 0 spiro atoms. The van der Waals surface area contributed by atoms with Gasteiger partial charge in [-0.25, -0.2) is 0 Å². The van der Waals surface area contributed by atoms with Crippen LogP contribution in [0.2, 0.25) is 5.02 Å². The molecule has 0 unspecified atom stereocenters. The van der Waals surface area contributed by atoms with Crippen molar-refractivity contribution < 1.29 is 9.26 Å². The number of aromatic nitrogens is 1. The Balaban J connectivity index is 1.97. The van der Waals surface area contributed by atoms with Crippen molar-refractivity contribution >= 4 is 17.5 Å². The van der Waals surface area contributed by atoms with E-state index in [4.69, 9.17) is 26.6 Å². The van der Waals surface area contributed by atoms with Crippen molar-refractivity contribution in [3.63, 3.8) is 0 Å². The number of nitrogens with two attached hydrogens (primary N) is 1. The zero-order chi connectivity index (χ0) is 12.5. The molecule has 1 heterocycles. The van der Waals surface area contributed by atoms with Crippen molar-refractivity contribution in [1.29, 1.82) is 0 Å². The molecule has 1 saturated carbocycles. The average molecular weight is 265 g/mol. The normalized spacial score (nSPS) is 14.7. The lowest BCUT2D eigenvalue weighted by molar-refractivity contribution is 0.301. The SMILES string of the molecule is Nc1oncc1-c1cccc(Cl)c1OCC1CC1. The highest BCUT2D eigenvalue weighted by Gasteiger charge is 2.23. The standard InChI is InChI=1S/C13H13ClN2O2/c14-11-3-1-2-9(10-6-16-18-13(10)15)12(11)17-7-8-4-5-8/h1-3,6,8H,4-5,7,15H2. The predicted molar refractivity (Wildman–Crippen MR) is 69.6 cm³/mol. The highest BCUT2D eigenvalue weighted by Crippen LogP contribution is 2.40. The van der Waals surface area contributed by atoms with Crippen LogP contribution in [0.4, 0.5) is 5.88 Å². The van der Waals surface area contributed by atoms with Crippen LogP contribution in [0.5, 0.6) is 5.75 Å². The van der Waals surface area contributed by atoms with E-state index in [-0.39, 0.29) is 5.88 Å². The summed E-state index contributed by atoms with van der Waals surface area (Å²) in [5.41, 5.74) is 7.26. The Morgan fingerprint density at radius 3 is 2.89 bits per heavy atom. The van der Waals surface area contributed by atoms with Crippen LogP contribution in [0.3, 0.4) is 0 Å². The minimum Gasteiger partial charge on any atom is -0.491 e. The van der Waals surface area contributed by atoms with E-state index in [0.717, 1.165) is 5.56 Å². The lowest BCUT2D eigenvalue weighted by Gasteiger charge is -2.11. The van der Waals surface area contributed by atoms with Crippen LogP contribution in [-0.2, 0) is 0 Å². The zero-order valence-electron chi connectivity index (χ0n) is 9.73. The number of nitrogens with zero attached hydrogens (tertiary/aromatic N) is 1. The van der Waals surface area contributed by atoms with Crippen LogP contribution >= 0.6 is 11.6 Å². The second-order valence-corrected chi connectivity index (χ2v) is 4.88. The molecule has 0 bridgehead atoms. The van der Waals surface area contributed by atoms with Crippen LogP contribution in [-0.4, -0.2) is 11.8 Å². The van der Waals surface area contributed by atoms with Gasteiger partial charge in [0.15, 0.2) is 0 Å². The van der Waals surface area contributed by atoms with Crippen LogP contribution < -0.4 is 10.5 Å². The van der Waals surface area contributed by atoms with Gasteiger partial charge in [-0.05, 0) is 24.8 Å². The number of benzene rings is 1. The quantitative estimate of drug-likeness (QED) is 0.920. The van der Waals surface area contributed by atoms with Gasteiger partial charge in [-0.1, -0.05) is 28.9 Å². The molecule has 1 aromatic heterocycles.